The highest BCUT2D eigenvalue weighted by Gasteiger charge is 2.37. The third kappa shape index (κ3) is 3.33. The third-order valence-electron chi connectivity index (χ3n) is 4.28. The van der Waals surface area contributed by atoms with Crippen LogP contribution in [0.4, 0.5) is 0 Å². The van der Waals surface area contributed by atoms with Crippen molar-refractivity contribution in [2.45, 2.75) is 46.0 Å². The number of rotatable bonds is 3. The summed E-state index contributed by atoms with van der Waals surface area (Å²) < 4.78 is 1.23. The lowest BCUT2D eigenvalue weighted by molar-refractivity contribution is 0.108. The molecule has 1 nitrogen and oxygen atoms in total. The average Bonchev–Trinajstić information content (AvgIpc) is 2.68. The molecule has 0 saturated heterocycles. The molecule has 1 aliphatic carbocycles. The highest BCUT2D eigenvalue weighted by atomic mass is 79.9. The lowest BCUT2D eigenvalue weighted by atomic mass is 9.63. The normalized spacial score (nSPS) is 22.6. The molecule has 1 fully saturated rings. The Morgan fingerprint density at radius 2 is 1.88 bits per heavy atom. The molecule has 0 radical (unpaired) electrons. The van der Waals surface area contributed by atoms with Crippen LogP contribution in [0.2, 0.25) is 0 Å². The van der Waals surface area contributed by atoms with Gasteiger partial charge in [-0.15, -0.1) is 11.3 Å². The maximum absolute atomic E-state index is 6.07. The van der Waals surface area contributed by atoms with Gasteiger partial charge in [0.1, 0.15) is 0 Å². The van der Waals surface area contributed by atoms with Gasteiger partial charge in [0, 0.05) is 4.88 Å². The fourth-order valence-electron chi connectivity index (χ4n) is 2.73. The molecule has 2 rings (SSSR count). The Morgan fingerprint density at radius 1 is 1.24 bits per heavy atom. The molecule has 0 atom stereocenters. The summed E-state index contributed by atoms with van der Waals surface area (Å²) in [4.78, 5) is 1.47. The minimum atomic E-state index is 0.361. The lowest BCUT2D eigenvalue weighted by Gasteiger charge is -2.43. The molecule has 17 heavy (non-hydrogen) atoms. The Hall–Kier alpha value is 0.140. The Balaban J connectivity index is 2.06. The van der Waals surface area contributed by atoms with Crippen LogP contribution in [-0.4, -0.2) is 6.54 Å². The van der Waals surface area contributed by atoms with Crippen LogP contribution in [0.3, 0.4) is 0 Å². The van der Waals surface area contributed by atoms with E-state index in [-0.39, 0.29) is 0 Å². The van der Waals surface area contributed by atoms with Crippen LogP contribution in [-0.2, 0) is 6.42 Å². The predicted octanol–water partition coefficient (Wildman–Crippen LogP) is 4.60. The van der Waals surface area contributed by atoms with Crippen molar-refractivity contribution in [2.24, 2.45) is 16.6 Å². The van der Waals surface area contributed by atoms with Crippen LogP contribution < -0.4 is 5.73 Å². The molecule has 0 amide bonds. The first-order chi connectivity index (χ1) is 7.95. The van der Waals surface area contributed by atoms with E-state index in [1.807, 2.05) is 11.3 Å². The van der Waals surface area contributed by atoms with E-state index in [4.69, 9.17) is 5.73 Å². The topological polar surface area (TPSA) is 26.0 Å². The van der Waals surface area contributed by atoms with Gasteiger partial charge >= 0.3 is 0 Å². The summed E-state index contributed by atoms with van der Waals surface area (Å²) in [6.45, 7) is 5.60. The fraction of sp³-hybridized carbons (Fsp3) is 0.714. The van der Waals surface area contributed by atoms with Gasteiger partial charge in [0.15, 0.2) is 0 Å². The summed E-state index contributed by atoms with van der Waals surface area (Å²) in [5, 5.41) is 0. The summed E-state index contributed by atoms with van der Waals surface area (Å²) in [6.07, 6.45) is 6.36. The summed E-state index contributed by atoms with van der Waals surface area (Å²) in [7, 11) is 0. The molecule has 1 aromatic heterocycles. The zero-order valence-electron chi connectivity index (χ0n) is 10.8. The molecule has 1 saturated carbocycles. The van der Waals surface area contributed by atoms with Gasteiger partial charge < -0.3 is 5.73 Å². The van der Waals surface area contributed by atoms with E-state index in [1.54, 1.807) is 0 Å². The molecule has 1 aromatic rings. The minimum Gasteiger partial charge on any atom is -0.330 e. The lowest BCUT2D eigenvalue weighted by Crippen LogP contribution is -2.38. The zero-order chi connectivity index (χ0) is 12.5. The van der Waals surface area contributed by atoms with Crippen molar-refractivity contribution >= 4 is 27.3 Å². The second kappa shape index (κ2) is 5.02. The van der Waals surface area contributed by atoms with Crippen LogP contribution in [0.5, 0.6) is 0 Å². The highest BCUT2D eigenvalue weighted by molar-refractivity contribution is 9.11. The molecule has 1 heterocycles. The zero-order valence-corrected chi connectivity index (χ0v) is 13.2. The molecule has 3 heteroatoms. The van der Waals surface area contributed by atoms with Gasteiger partial charge in [0.05, 0.1) is 3.79 Å². The minimum absolute atomic E-state index is 0.361. The van der Waals surface area contributed by atoms with Gasteiger partial charge in [-0.3, -0.25) is 0 Å². The van der Waals surface area contributed by atoms with Gasteiger partial charge in [-0.05, 0) is 77.5 Å². The smallest absolute Gasteiger partial charge is 0.0701 e. The SMILES string of the molecule is CC1(C)CCC(CN)(Cc2ccc(Br)s2)CC1. The van der Waals surface area contributed by atoms with Crippen LogP contribution in [0.1, 0.15) is 44.4 Å². The van der Waals surface area contributed by atoms with E-state index >= 15 is 0 Å². The van der Waals surface area contributed by atoms with Crippen LogP contribution in [0.15, 0.2) is 15.9 Å². The van der Waals surface area contributed by atoms with Gasteiger partial charge in [0.2, 0.25) is 0 Å². The van der Waals surface area contributed by atoms with Crippen molar-refractivity contribution in [1.82, 2.24) is 0 Å². The molecule has 0 aliphatic heterocycles. The average molecular weight is 316 g/mol. The molecule has 96 valence electrons. The molecule has 0 spiro atoms. The van der Waals surface area contributed by atoms with Gasteiger partial charge in [0.25, 0.3) is 0 Å². The third-order valence-corrected chi connectivity index (χ3v) is 5.90. The second-order valence-corrected chi connectivity index (χ2v) is 8.80. The summed E-state index contributed by atoms with van der Waals surface area (Å²) in [5.74, 6) is 0. The Kier molecular flexibility index (Phi) is 4.01. The largest absolute Gasteiger partial charge is 0.330 e. The van der Waals surface area contributed by atoms with E-state index in [2.05, 4.69) is 41.9 Å². The number of thiophene rings is 1. The summed E-state index contributed by atoms with van der Waals surface area (Å²) in [5.41, 5.74) is 6.96. The fourth-order valence-corrected chi connectivity index (χ4v) is 4.38. The first-order valence-electron chi connectivity index (χ1n) is 6.39. The first-order valence-corrected chi connectivity index (χ1v) is 8.00. The van der Waals surface area contributed by atoms with Crippen molar-refractivity contribution in [2.75, 3.05) is 6.54 Å². The molecule has 0 bridgehead atoms. The molecule has 0 unspecified atom stereocenters. The Bertz CT molecular complexity index is 373. The van der Waals surface area contributed by atoms with E-state index in [9.17, 15) is 0 Å². The second-order valence-electron chi connectivity index (χ2n) is 6.25. The van der Waals surface area contributed by atoms with Crippen molar-refractivity contribution in [3.63, 3.8) is 0 Å². The van der Waals surface area contributed by atoms with Crippen molar-refractivity contribution in [1.29, 1.82) is 0 Å². The van der Waals surface area contributed by atoms with Gasteiger partial charge in [-0.2, -0.15) is 0 Å². The van der Waals surface area contributed by atoms with Gasteiger partial charge in [-0.25, -0.2) is 0 Å². The summed E-state index contributed by atoms with van der Waals surface area (Å²) >= 11 is 5.40. The highest BCUT2D eigenvalue weighted by Crippen LogP contribution is 2.46. The molecular formula is C14H22BrNS. The molecule has 2 N–H and O–H groups in total. The van der Waals surface area contributed by atoms with E-state index in [1.165, 1.54) is 34.3 Å². The maximum atomic E-state index is 6.07. The standard InChI is InChI=1S/C14H22BrNS/c1-13(2)5-7-14(10-16,8-6-13)9-11-3-4-12(15)17-11/h3-4H,5-10,16H2,1-2H3. The number of hydrogen-bond donors (Lipinski definition) is 1. The molecular weight excluding hydrogens is 294 g/mol. The van der Waals surface area contributed by atoms with E-state index in [0.717, 1.165) is 13.0 Å². The van der Waals surface area contributed by atoms with Crippen molar-refractivity contribution < 1.29 is 0 Å². The molecule has 0 aromatic carbocycles. The predicted molar refractivity (Wildman–Crippen MR) is 79.5 cm³/mol. The van der Waals surface area contributed by atoms with Crippen LogP contribution in [0.25, 0.3) is 0 Å². The van der Waals surface area contributed by atoms with Crippen LogP contribution >= 0.6 is 27.3 Å². The van der Waals surface area contributed by atoms with Crippen molar-refractivity contribution in [3.8, 4) is 0 Å². The number of hydrogen-bond acceptors (Lipinski definition) is 2. The number of halogens is 1. The molecule has 1 aliphatic rings. The summed E-state index contributed by atoms with van der Waals surface area (Å²) in [6, 6.07) is 4.39. The number of nitrogens with two attached hydrogens (primary N) is 1. The maximum Gasteiger partial charge on any atom is 0.0701 e. The van der Waals surface area contributed by atoms with E-state index in [0.29, 0.717) is 10.8 Å². The monoisotopic (exact) mass is 315 g/mol. The van der Waals surface area contributed by atoms with Crippen molar-refractivity contribution in [3.05, 3.63) is 20.8 Å². The first kappa shape index (κ1) is 13.6. The van der Waals surface area contributed by atoms with Gasteiger partial charge in [-0.1, -0.05) is 13.8 Å². The Labute approximate surface area is 117 Å². The van der Waals surface area contributed by atoms with Crippen LogP contribution in [0, 0.1) is 10.8 Å². The quantitative estimate of drug-likeness (QED) is 0.866. The van der Waals surface area contributed by atoms with E-state index < -0.39 is 0 Å². The Morgan fingerprint density at radius 3 is 2.35 bits per heavy atom.